The van der Waals surface area contributed by atoms with Gasteiger partial charge in [0.05, 0.1) is 0 Å². The molecule has 2 aliphatic heterocycles. The van der Waals surface area contributed by atoms with Crippen molar-refractivity contribution in [1.29, 1.82) is 0 Å². The fourth-order valence-corrected chi connectivity index (χ4v) is 3.40. The molecule has 1 N–H and O–H groups in total. The van der Waals surface area contributed by atoms with Gasteiger partial charge >= 0.3 is 0 Å². The number of fused-ring (bicyclic) bond motifs is 1. The lowest BCUT2D eigenvalue weighted by atomic mass is 9.84. The number of rotatable bonds is 3. The van der Waals surface area contributed by atoms with Crippen LogP contribution < -0.4 is 5.32 Å². The summed E-state index contributed by atoms with van der Waals surface area (Å²) in [6.07, 6.45) is 1.81. The molecule has 2 heterocycles. The van der Waals surface area contributed by atoms with Gasteiger partial charge < -0.3 is 10.2 Å². The second-order valence-electron chi connectivity index (χ2n) is 6.40. The number of likely N-dealkylation sites (tertiary alicyclic amines) is 1. The number of nitrogens with one attached hydrogen (secondary N) is 1. The molecule has 0 saturated carbocycles. The molecule has 0 aromatic carbocycles. The van der Waals surface area contributed by atoms with Crippen LogP contribution in [0.2, 0.25) is 0 Å². The Kier molecular flexibility index (Phi) is 3.48. The van der Waals surface area contributed by atoms with E-state index in [0.717, 1.165) is 26.1 Å². The molecule has 3 heteroatoms. The van der Waals surface area contributed by atoms with Crippen molar-refractivity contribution >= 4 is 5.91 Å². The summed E-state index contributed by atoms with van der Waals surface area (Å²) >= 11 is 0. The van der Waals surface area contributed by atoms with Crippen molar-refractivity contribution in [1.82, 2.24) is 10.2 Å². The summed E-state index contributed by atoms with van der Waals surface area (Å²) in [6.45, 7) is 11.9. The Bertz CT molecular complexity index is 301. The van der Waals surface area contributed by atoms with Crippen molar-refractivity contribution in [2.45, 2.75) is 46.1 Å². The molecule has 1 amide bonds. The quantitative estimate of drug-likeness (QED) is 0.814. The summed E-state index contributed by atoms with van der Waals surface area (Å²) in [4.78, 5) is 14.5. The van der Waals surface area contributed by atoms with E-state index in [1.54, 1.807) is 0 Å². The second kappa shape index (κ2) is 4.60. The molecule has 0 aromatic heterocycles. The van der Waals surface area contributed by atoms with Gasteiger partial charge in [-0.2, -0.15) is 0 Å². The van der Waals surface area contributed by atoms with Crippen LogP contribution in [-0.2, 0) is 4.79 Å². The fraction of sp³-hybridized carbons (Fsp3) is 0.929. The Balaban J connectivity index is 2.04. The summed E-state index contributed by atoms with van der Waals surface area (Å²) in [7, 11) is 0. The van der Waals surface area contributed by atoms with E-state index in [0.29, 0.717) is 30.1 Å². The van der Waals surface area contributed by atoms with Crippen LogP contribution in [0.15, 0.2) is 0 Å². The molecule has 0 bridgehead atoms. The fourth-order valence-electron chi connectivity index (χ4n) is 3.40. The molecule has 0 radical (unpaired) electrons. The number of nitrogens with zero attached hydrogens (tertiary/aromatic N) is 1. The minimum atomic E-state index is 0.0404. The maximum Gasteiger partial charge on any atom is 0.223 e. The maximum atomic E-state index is 12.4. The lowest BCUT2D eigenvalue weighted by Gasteiger charge is -2.36. The molecule has 2 saturated heterocycles. The summed E-state index contributed by atoms with van der Waals surface area (Å²) < 4.78 is 0. The predicted molar refractivity (Wildman–Crippen MR) is 69.7 cm³/mol. The highest BCUT2D eigenvalue weighted by atomic mass is 16.2. The molecule has 0 aromatic rings. The first kappa shape index (κ1) is 12.9. The van der Waals surface area contributed by atoms with Crippen molar-refractivity contribution in [3.8, 4) is 0 Å². The van der Waals surface area contributed by atoms with Crippen molar-refractivity contribution in [2.75, 3.05) is 19.6 Å². The van der Waals surface area contributed by atoms with Gasteiger partial charge in [0.25, 0.3) is 0 Å². The highest BCUT2D eigenvalue weighted by Crippen LogP contribution is 2.41. The molecule has 98 valence electrons. The van der Waals surface area contributed by atoms with Crippen LogP contribution in [0.3, 0.4) is 0 Å². The normalized spacial score (nSPS) is 32.6. The average Bonchev–Trinajstić information content (AvgIpc) is 2.81. The number of hydrogen-bond acceptors (Lipinski definition) is 2. The second-order valence-corrected chi connectivity index (χ2v) is 6.40. The van der Waals surface area contributed by atoms with Gasteiger partial charge in [0.1, 0.15) is 0 Å². The lowest BCUT2D eigenvalue weighted by Crippen LogP contribution is -2.47. The van der Waals surface area contributed by atoms with Crippen LogP contribution in [0, 0.1) is 17.8 Å². The minimum Gasteiger partial charge on any atom is -0.337 e. The molecule has 17 heavy (non-hydrogen) atoms. The Morgan fingerprint density at radius 3 is 2.76 bits per heavy atom. The monoisotopic (exact) mass is 238 g/mol. The van der Waals surface area contributed by atoms with Gasteiger partial charge in [0.15, 0.2) is 0 Å². The first-order valence-corrected chi connectivity index (χ1v) is 6.98. The Morgan fingerprint density at radius 1 is 1.47 bits per heavy atom. The van der Waals surface area contributed by atoms with Gasteiger partial charge in [0, 0.05) is 31.6 Å². The van der Waals surface area contributed by atoms with Crippen LogP contribution in [0.4, 0.5) is 0 Å². The zero-order chi connectivity index (χ0) is 12.6. The summed E-state index contributed by atoms with van der Waals surface area (Å²) in [6, 6.07) is 0. The largest absolute Gasteiger partial charge is 0.337 e. The third-order valence-corrected chi connectivity index (χ3v) is 4.88. The smallest absolute Gasteiger partial charge is 0.223 e. The van der Waals surface area contributed by atoms with Crippen molar-refractivity contribution in [3.63, 3.8) is 0 Å². The standard InChI is InChI=1S/C14H26N2O/c1-5-10(2)6-13(17)16-9-11-7-15-8-12(11)14(16,3)4/h10-12,15H,5-9H2,1-4H3. The molecule has 0 aliphatic carbocycles. The average molecular weight is 238 g/mol. The molecular weight excluding hydrogens is 212 g/mol. The van der Waals surface area contributed by atoms with Crippen molar-refractivity contribution in [2.24, 2.45) is 17.8 Å². The van der Waals surface area contributed by atoms with Crippen LogP contribution in [-0.4, -0.2) is 36.0 Å². The van der Waals surface area contributed by atoms with E-state index >= 15 is 0 Å². The number of carbonyl (C=O) groups excluding carboxylic acids is 1. The third-order valence-electron chi connectivity index (χ3n) is 4.88. The molecule has 2 aliphatic rings. The number of carbonyl (C=O) groups is 1. The molecule has 3 nitrogen and oxygen atoms in total. The van der Waals surface area contributed by atoms with Crippen molar-refractivity contribution < 1.29 is 4.79 Å². The van der Waals surface area contributed by atoms with E-state index in [4.69, 9.17) is 0 Å². The van der Waals surface area contributed by atoms with Crippen LogP contribution >= 0.6 is 0 Å². The molecule has 2 rings (SSSR count). The van der Waals surface area contributed by atoms with E-state index in [1.165, 1.54) is 0 Å². The van der Waals surface area contributed by atoms with Gasteiger partial charge in [-0.25, -0.2) is 0 Å². The van der Waals surface area contributed by atoms with Gasteiger partial charge in [-0.15, -0.1) is 0 Å². The van der Waals surface area contributed by atoms with Gasteiger partial charge in [-0.05, 0) is 31.6 Å². The van der Waals surface area contributed by atoms with Crippen LogP contribution in [0.25, 0.3) is 0 Å². The zero-order valence-electron chi connectivity index (χ0n) is 11.6. The molecular formula is C14H26N2O. The van der Waals surface area contributed by atoms with E-state index in [1.807, 2.05) is 0 Å². The van der Waals surface area contributed by atoms with Gasteiger partial charge in [-0.1, -0.05) is 20.3 Å². The first-order chi connectivity index (χ1) is 7.96. The van der Waals surface area contributed by atoms with Crippen LogP contribution in [0.5, 0.6) is 0 Å². The lowest BCUT2D eigenvalue weighted by molar-refractivity contribution is -0.136. The van der Waals surface area contributed by atoms with Crippen molar-refractivity contribution in [3.05, 3.63) is 0 Å². The molecule has 2 fully saturated rings. The molecule has 3 atom stereocenters. The van der Waals surface area contributed by atoms with E-state index in [-0.39, 0.29) is 5.54 Å². The summed E-state index contributed by atoms with van der Waals surface area (Å²) in [5.41, 5.74) is 0.0404. The first-order valence-electron chi connectivity index (χ1n) is 6.98. The number of amides is 1. The predicted octanol–water partition coefficient (Wildman–Crippen LogP) is 1.88. The Hall–Kier alpha value is -0.570. The molecule has 3 unspecified atom stereocenters. The SMILES string of the molecule is CCC(C)CC(=O)N1CC2CNCC2C1(C)C. The Labute approximate surface area is 105 Å². The van der Waals surface area contributed by atoms with E-state index in [2.05, 4.69) is 37.9 Å². The topological polar surface area (TPSA) is 32.3 Å². The third kappa shape index (κ3) is 2.22. The zero-order valence-corrected chi connectivity index (χ0v) is 11.6. The van der Waals surface area contributed by atoms with Gasteiger partial charge in [-0.3, -0.25) is 4.79 Å². The molecule has 0 spiro atoms. The Morgan fingerprint density at radius 2 is 2.18 bits per heavy atom. The minimum absolute atomic E-state index is 0.0404. The van der Waals surface area contributed by atoms with Crippen LogP contribution in [0.1, 0.15) is 40.5 Å². The van der Waals surface area contributed by atoms with E-state index < -0.39 is 0 Å². The van der Waals surface area contributed by atoms with Gasteiger partial charge in [0.2, 0.25) is 5.91 Å². The van der Waals surface area contributed by atoms with E-state index in [9.17, 15) is 4.79 Å². The maximum absolute atomic E-state index is 12.4. The summed E-state index contributed by atoms with van der Waals surface area (Å²) in [5.74, 6) is 2.19. The number of hydrogen-bond donors (Lipinski definition) is 1. The highest BCUT2D eigenvalue weighted by Gasteiger charge is 2.51. The summed E-state index contributed by atoms with van der Waals surface area (Å²) in [5, 5.41) is 3.45. The highest BCUT2D eigenvalue weighted by molar-refractivity contribution is 5.77.